The lowest BCUT2D eigenvalue weighted by Crippen LogP contribution is -2.11. The Bertz CT molecular complexity index is 809. The average Bonchev–Trinajstić information content (AvgIpc) is 2.77. The number of carboxylic acid groups (broad SMARTS) is 1. The van der Waals surface area contributed by atoms with Gasteiger partial charge in [0.25, 0.3) is 0 Å². The van der Waals surface area contributed by atoms with E-state index in [0.29, 0.717) is 27.3 Å². The molecule has 1 aromatic carbocycles. The van der Waals surface area contributed by atoms with Crippen LogP contribution in [0.25, 0.3) is 16.6 Å². The van der Waals surface area contributed by atoms with Gasteiger partial charge in [-0.2, -0.15) is 5.10 Å². The van der Waals surface area contributed by atoms with Crippen molar-refractivity contribution in [2.75, 3.05) is 0 Å². The second kappa shape index (κ2) is 4.57. The van der Waals surface area contributed by atoms with Gasteiger partial charge >= 0.3 is 5.97 Å². The molecule has 3 rings (SSSR count). The van der Waals surface area contributed by atoms with E-state index in [2.05, 4.69) is 15.3 Å². The van der Waals surface area contributed by atoms with E-state index >= 15 is 0 Å². The van der Waals surface area contributed by atoms with Crippen LogP contribution in [0.5, 0.6) is 0 Å². The van der Waals surface area contributed by atoms with Crippen LogP contribution in [0.3, 0.4) is 0 Å². The number of aromatic nitrogens is 4. The predicted molar refractivity (Wildman–Crippen MR) is 73.4 cm³/mol. The van der Waals surface area contributed by atoms with Crippen molar-refractivity contribution in [3.05, 3.63) is 46.9 Å². The molecular formula is C13H9ClN4O2. The van der Waals surface area contributed by atoms with Crippen molar-refractivity contribution in [2.24, 2.45) is 0 Å². The summed E-state index contributed by atoms with van der Waals surface area (Å²) in [7, 11) is 0. The normalized spacial score (nSPS) is 10.9. The monoisotopic (exact) mass is 288 g/mol. The zero-order chi connectivity index (χ0) is 14.3. The van der Waals surface area contributed by atoms with Gasteiger partial charge in [0.05, 0.1) is 16.2 Å². The van der Waals surface area contributed by atoms with E-state index < -0.39 is 5.97 Å². The molecule has 0 bridgehead atoms. The molecule has 0 spiro atoms. The molecule has 100 valence electrons. The number of benzene rings is 1. The zero-order valence-electron chi connectivity index (χ0n) is 10.4. The molecule has 0 amide bonds. The van der Waals surface area contributed by atoms with Crippen LogP contribution in [0.15, 0.2) is 30.5 Å². The third-order valence-electron chi connectivity index (χ3n) is 2.91. The molecular weight excluding hydrogens is 280 g/mol. The summed E-state index contributed by atoms with van der Waals surface area (Å²) in [4.78, 5) is 11.4. The van der Waals surface area contributed by atoms with Crippen LogP contribution in [0.1, 0.15) is 16.2 Å². The van der Waals surface area contributed by atoms with Crippen LogP contribution in [0.2, 0.25) is 5.02 Å². The molecule has 7 heteroatoms. The first kappa shape index (κ1) is 12.6. The van der Waals surface area contributed by atoms with Gasteiger partial charge in [-0.05, 0) is 13.0 Å². The number of carbonyl (C=O) groups is 1. The maximum Gasteiger partial charge on any atom is 0.358 e. The zero-order valence-corrected chi connectivity index (χ0v) is 11.2. The topological polar surface area (TPSA) is 80.9 Å². The molecule has 3 aromatic rings. The van der Waals surface area contributed by atoms with Gasteiger partial charge in [-0.15, -0.1) is 10.2 Å². The minimum Gasteiger partial charge on any atom is -0.476 e. The fourth-order valence-corrected chi connectivity index (χ4v) is 2.10. The van der Waals surface area contributed by atoms with Gasteiger partial charge in [-0.3, -0.25) is 0 Å². The van der Waals surface area contributed by atoms with E-state index in [1.54, 1.807) is 31.3 Å². The van der Waals surface area contributed by atoms with Crippen molar-refractivity contribution < 1.29 is 9.90 Å². The van der Waals surface area contributed by atoms with Gasteiger partial charge < -0.3 is 5.11 Å². The van der Waals surface area contributed by atoms with Crippen molar-refractivity contribution in [1.82, 2.24) is 20.0 Å². The van der Waals surface area contributed by atoms with Crippen LogP contribution in [0.4, 0.5) is 0 Å². The standard InChI is InChI=1S/C13H9ClN4O2/c1-7-9(14)6-18(17-7)12-8-4-2-3-5-10(8)15-16-11(12)13(19)20/h2-6H,1H3,(H,19,20). The van der Waals surface area contributed by atoms with Crippen molar-refractivity contribution >= 4 is 28.5 Å². The van der Waals surface area contributed by atoms with E-state index in [0.717, 1.165) is 0 Å². The number of hydrogen-bond donors (Lipinski definition) is 1. The molecule has 2 heterocycles. The van der Waals surface area contributed by atoms with Gasteiger partial charge in [-0.1, -0.05) is 29.8 Å². The number of fused-ring (bicyclic) bond motifs is 1. The Labute approximate surface area is 118 Å². The lowest BCUT2D eigenvalue weighted by atomic mass is 10.1. The van der Waals surface area contributed by atoms with E-state index in [-0.39, 0.29) is 5.69 Å². The highest BCUT2D eigenvalue weighted by molar-refractivity contribution is 6.31. The Morgan fingerprint density at radius 3 is 2.70 bits per heavy atom. The molecule has 0 aliphatic rings. The number of hydrogen-bond acceptors (Lipinski definition) is 4. The summed E-state index contributed by atoms with van der Waals surface area (Å²) in [6.07, 6.45) is 1.56. The molecule has 0 unspecified atom stereocenters. The number of carboxylic acids is 1. The summed E-state index contributed by atoms with van der Waals surface area (Å²) in [5.41, 5.74) is 1.40. The summed E-state index contributed by atoms with van der Waals surface area (Å²) in [6, 6.07) is 7.14. The Hall–Kier alpha value is -2.47. The predicted octanol–water partition coefficient (Wildman–Crippen LogP) is 2.48. The maximum atomic E-state index is 11.4. The fourth-order valence-electron chi connectivity index (χ4n) is 1.97. The third-order valence-corrected chi connectivity index (χ3v) is 3.28. The molecule has 1 N–H and O–H groups in total. The Kier molecular flexibility index (Phi) is 2.87. The molecule has 0 saturated carbocycles. The van der Waals surface area contributed by atoms with Crippen molar-refractivity contribution in [1.29, 1.82) is 0 Å². The second-order valence-electron chi connectivity index (χ2n) is 4.23. The molecule has 0 aliphatic heterocycles. The van der Waals surface area contributed by atoms with Crippen LogP contribution in [-0.2, 0) is 0 Å². The van der Waals surface area contributed by atoms with Crippen LogP contribution in [-0.4, -0.2) is 31.1 Å². The maximum absolute atomic E-state index is 11.4. The van der Waals surface area contributed by atoms with Crippen LogP contribution < -0.4 is 0 Å². The highest BCUT2D eigenvalue weighted by atomic mass is 35.5. The molecule has 0 fully saturated rings. The van der Waals surface area contributed by atoms with Gasteiger partial charge in [0.1, 0.15) is 5.69 Å². The van der Waals surface area contributed by atoms with Gasteiger partial charge in [0.2, 0.25) is 0 Å². The number of halogens is 1. The lowest BCUT2D eigenvalue weighted by Gasteiger charge is -2.08. The molecule has 0 aliphatic carbocycles. The quantitative estimate of drug-likeness (QED) is 0.783. The number of nitrogens with zero attached hydrogens (tertiary/aromatic N) is 4. The van der Waals surface area contributed by atoms with Gasteiger partial charge in [0.15, 0.2) is 5.69 Å². The SMILES string of the molecule is Cc1nn(-c2c(C(=O)O)nnc3ccccc23)cc1Cl. The molecule has 0 radical (unpaired) electrons. The summed E-state index contributed by atoms with van der Waals surface area (Å²) < 4.78 is 1.43. The average molecular weight is 289 g/mol. The highest BCUT2D eigenvalue weighted by Gasteiger charge is 2.19. The summed E-state index contributed by atoms with van der Waals surface area (Å²) >= 11 is 6.00. The number of aryl methyl sites for hydroxylation is 1. The van der Waals surface area contributed by atoms with E-state index in [1.807, 2.05) is 6.07 Å². The van der Waals surface area contributed by atoms with Gasteiger partial charge in [0, 0.05) is 11.6 Å². The molecule has 20 heavy (non-hydrogen) atoms. The first-order chi connectivity index (χ1) is 9.58. The minimum absolute atomic E-state index is 0.164. The Balaban J connectivity index is 2.41. The Morgan fingerprint density at radius 2 is 2.05 bits per heavy atom. The number of aromatic carboxylic acids is 1. The van der Waals surface area contributed by atoms with E-state index in [4.69, 9.17) is 11.6 Å². The summed E-state index contributed by atoms with van der Waals surface area (Å²) in [5.74, 6) is -1.16. The summed E-state index contributed by atoms with van der Waals surface area (Å²) in [6.45, 7) is 1.75. The van der Waals surface area contributed by atoms with Crippen LogP contribution >= 0.6 is 11.6 Å². The lowest BCUT2D eigenvalue weighted by molar-refractivity contribution is 0.0689. The number of rotatable bonds is 2. The van der Waals surface area contributed by atoms with E-state index in [9.17, 15) is 9.90 Å². The highest BCUT2D eigenvalue weighted by Crippen LogP contribution is 2.25. The van der Waals surface area contributed by atoms with Crippen molar-refractivity contribution in [2.45, 2.75) is 6.92 Å². The smallest absolute Gasteiger partial charge is 0.358 e. The fraction of sp³-hybridized carbons (Fsp3) is 0.0769. The minimum atomic E-state index is -1.16. The van der Waals surface area contributed by atoms with E-state index in [1.165, 1.54) is 4.68 Å². The first-order valence-corrected chi connectivity index (χ1v) is 6.16. The van der Waals surface area contributed by atoms with Crippen molar-refractivity contribution in [3.63, 3.8) is 0 Å². The largest absolute Gasteiger partial charge is 0.476 e. The van der Waals surface area contributed by atoms with Gasteiger partial charge in [-0.25, -0.2) is 9.48 Å². The van der Waals surface area contributed by atoms with Crippen LogP contribution in [0, 0.1) is 6.92 Å². The third kappa shape index (κ3) is 1.90. The molecule has 2 aromatic heterocycles. The molecule has 0 saturated heterocycles. The molecule has 0 atom stereocenters. The second-order valence-corrected chi connectivity index (χ2v) is 4.63. The summed E-state index contributed by atoms with van der Waals surface area (Å²) in [5, 5.41) is 22.3. The Morgan fingerprint density at radius 1 is 1.30 bits per heavy atom. The van der Waals surface area contributed by atoms with Crippen molar-refractivity contribution in [3.8, 4) is 5.69 Å². The first-order valence-electron chi connectivity index (χ1n) is 5.79. The molecule has 6 nitrogen and oxygen atoms in total.